The summed E-state index contributed by atoms with van der Waals surface area (Å²) in [5, 5.41) is 2.82. The van der Waals surface area contributed by atoms with Gasteiger partial charge in [0.15, 0.2) is 0 Å². The number of nitrogens with zero attached hydrogens (tertiary/aromatic N) is 2. The number of carbonyl (C=O) groups excluding carboxylic acids is 1. The van der Waals surface area contributed by atoms with Crippen LogP contribution in [0.25, 0.3) is 0 Å². The average molecular weight is 389 g/mol. The fourth-order valence-electron chi connectivity index (χ4n) is 3.21. The van der Waals surface area contributed by atoms with Crippen LogP contribution in [-0.4, -0.2) is 43.3 Å². The van der Waals surface area contributed by atoms with Crippen molar-refractivity contribution in [2.24, 2.45) is 0 Å². The lowest BCUT2D eigenvalue weighted by Crippen LogP contribution is -2.45. The Morgan fingerprint density at radius 3 is 2.89 bits per heavy atom. The van der Waals surface area contributed by atoms with Crippen molar-refractivity contribution in [3.05, 3.63) is 53.9 Å². The molecule has 3 rings (SSSR count). The molecule has 0 radical (unpaired) electrons. The van der Waals surface area contributed by atoms with E-state index in [1.807, 2.05) is 6.07 Å². The number of benzene rings is 1. The Morgan fingerprint density at radius 1 is 1.37 bits per heavy atom. The van der Waals surface area contributed by atoms with Gasteiger partial charge in [0, 0.05) is 31.5 Å². The van der Waals surface area contributed by atoms with Crippen molar-refractivity contribution in [3.63, 3.8) is 0 Å². The van der Waals surface area contributed by atoms with Crippen LogP contribution >= 0.6 is 0 Å². The number of aromatic nitrogens is 1. The van der Waals surface area contributed by atoms with Gasteiger partial charge in [-0.3, -0.25) is 9.78 Å². The molecule has 1 aliphatic heterocycles. The predicted octanol–water partition coefficient (Wildman–Crippen LogP) is 1.87. The number of pyridine rings is 1. The second kappa shape index (κ2) is 8.06. The van der Waals surface area contributed by atoms with Gasteiger partial charge < -0.3 is 10.1 Å². The number of amides is 1. The zero-order chi connectivity index (χ0) is 19.4. The van der Waals surface area contributed by atoms with Crippen molar-refractivity contribution >= 4 is 15.9 Å². The van der Waals surface area contributed by atoms with Crippen LogP contribution in [0.4, 0.5) is 0 Å². The third-order valence-corrected chi connectivity index (χ3v) is 6.73. The highest BCUT2D eigenvalue weighted by atomic mass is 32.2. The third kappa shape index (κ3) is 4.12. The first-order chi connectivity index (χ1) is 12.9. The van der Waals surface area contributed by atoms with Gasteiger partial charge in [0.05, 0.1) is 12.0 Å². The van der Waals surface area contributed by atoms with E-state index >= 15 is 0 Å². The summed E-state index contributed by atoms with van der Waals surface area (Å²) in [6, 6.07) is 7.87. The van der Waals surface area contributed by atoms with E-state index in [2.05, 4.69) is 10.3 Å². The molecule has 1 aromatic carbocycles. The van der Waals surface area contributed by atoms with Gasteiger partial charge in [0.2, 0.25) is 15.9 Å². The highest BCUT2D eigenvalue weighted by molar-refractivity contribution is 7.89. The Bertz CT molecular complexity index is 916. The molecule has 27 heavy (non-hydrogen) atoms. The summed E-state index contributed by atoms with van der Waals surface area (Å²) in [6.45, 7) is 2.37. The number of aryl methyl sites for hydroxylation is 1. The van der Waals surface area contributed by atoms with Gasteiger partial charge in [-0.05, 0) is 43.0 Å². The molecule has 1 amide bonds. The van der Waals surface area contributed by atoms with Crippen LogP contribution in [0.15, 0.2) is 47.6 Å². The minimum absolute atomic E-state index is 0.175. The van der Waals surface area contributed by atoms with Crippen LogP contribution in [-0.2, 0) is 21.4 Å². The molecule has 2 aromatic rings. The maximum Gasteiger partial charge on any atom is 0.244 e. The number of carbonyl (C=O) groups is 1. The molecule has 7 nitrogen and oxygen atoms in total. The molecule has 1 aromatic heterocycles. The minimum atomic E-state index is -3.80. The zero-order valence-corrected chi connectivity index (χ0v) is 16.2. The summed E-state index contributed by atoms with van der Waals surface area (Å²) < 4.78 is 32.8. The molecule has 1 aliphatic rings. The van der Waals surface area contributed by atoms with Gasteiger partial charge in [-0.25, -0.2) is 8.42 Å². The molecular weight excluding hydrogens is 366 g/mol. The van der Waals surface area contributed by atoms with Crippen LogP contribution in [0.5, 0.6) is 5.75 Å². The largest absolute Gasteiger partial charge is 0.497 e. The highest BCUT2D eigenvalue weighted by Gasteiger charge is 2.40. The predicted molar refractivity (Wildman–Crippen MR) is 101 cm³/mol. The van der Waals surface area contributed by atoms with Gasteiger partial charge in [-0.2, -0.15) is 4.31 Å². The number of sulfonamides is 1. The molecule has 1 saturated heterocycles. The zero-order valence-electron chi connectivity index (χ0n) is 15.4. The Morgan fingerprint density at radius 2 is 2.19 bits per heavy atom. The number of hydrogen-bond donors (Lipinski definition) is 1. The van der Waals surface area contributed by atoms with Gasteiger partial charge in [-0.15, -0.1) is 0 Å². The Kier molecular flexibility index (Phi) is 5.76. The van der Waals surface area contributed by atoms with E-state index in [9.17, 15) is 13.2 Å². The highest BCUT2D eigenvalue weighted by Crippen LogP contribution is 2.30. The summed E-state index contributed by atoms with van der Waals surface area (Å²) in [6.07, 6.45) is 4.48. The van der Waals surface area contributed by atoms with Crippen molar-refractivity contribution in [3.8, 4) is 5.75 Å². The average Bonchev–Trinajstić information content (AvgIpc) is 3.18. The van der Waals surface area contributed by atoms with Crippen molar-refractivity contribution in [1.82, 2.24) is 14.6 Å². The number of rotatable bonds is 6. The molecule has 0 spiro atoms. The second-order valence-electron chi connectivity index (χ2n) is 6.48. The third-order valence-electron chi connectivity index (χ3n) is 4.68. The fraction of sp³-hybridized carbons (Fsp3) is 0.368. The summed E-state index contributed by atoms with van der Waals surface area (Å²) in [7, 11) is -2.31. The van der Waals surface area contributed by atoms with Crippen LogP contribution in [0, 0.1) is 6.92 Å². The number of hydrogen-bond acceptors (Lipinski definition) is 5. The van der Waals surface area contributed by atoms with E-state index in [-0.39, 0.29) is 10.8 Å². The lowest BCUT2D eigenvalue weighted by atomic mass is 10.2. The maximum absolute atomic E-state index is 13.2. The van der Waals surface area contributed by atoms with E-state index in [1.165, 1.54) is 17.5 Å². The number of methoxy groups -OCH3 is 1. The minimum Gasteiger partial charge on any atom is -0.497 e. The van der Waals surface area contributed by atoms with E-state index in [0.29, 0.717) is 37.2 Å². The Hall–Kier alpha value is -2.45. The first kappa shape index (κ1) is 19.3. The first-order valence-electron chi connectivity index (χ1n) is 8.76. The van der Waals surface area contributed by atoms with Crippen LogP contribution in [0.2, 0.25) is 0 Å². The van der Waals surface area contributed by atoms with E-state index in [4.69, 9.17) is 4.74 Å². The molecule has 2 heterocycles. The summed E-state index contributed by atoms with van der Waals surface area (Å²) in [4.78, 5) is 16.8. The van der Waals surface area contributed by atoms with Crippen molar-refractivity contribution < 1.29 is 17.9 Å². The Balaban J connectivity index is 1.79. The van der Waals surface area contributed by atoms with E-state index in [1.54, 1.807) is 37.5 Å². The van der Waals surface area contributed by atoms with Gasteiger partial charge >= 0.3 is 0 Å². The SMILES string of the molecule is COc1ccc(C)c(S(=O)(=O)N2CCCC2C(=O)NCc2cccnc2)c1. The maximum atomic E-state index is 13.2. The van der Waals surface area contributed by atoms with Crippen molar-refractivity contribution in [2.75, 3.05) is 13.7 Å². The second-order valence-corrected chi connectivity index (χ2v) is 8.34. The van der Waals surface area contributed by atoms with Crippen LogP contribution < -0.4 is 10.1 Å². The molecule has 1 atom stereocenters. The van der Waals surface area contributed by atoms with Crippen LogP contribution in [0.1, 0.15) is 24.0 Å². The number of ether oxygens (including phenoxy) is 1. The summed E-state index contributed by atoms with van der Waals surface area (Å²) >= 11 is 0. The van der Waals surface area contributed by atoms with E-state index in [0.717, 1.165) is 5.56 Å². The standard InChI is InChI=1S/C19H23N3O4S/c1-14-7-8-16(26-2)11-18(14)27(24,25)22-10-4-6-17(22)19(23)21-13-15-5-3-9-20-12-15/h3,5,7-9,11-12,17H,4,6,10,13H2,1-2H3,(H,21,23). The normalized spacial score (nSPS) is 17.6. The quantitative estimate of drug-likeness (QED) is 0.815. The monoisotopic (exact) mass is 389 g/mol. The first-order valence-corrected chi connectivity index (χ1v) is 10.2. The molecule has 1 unspecified atom stereocenters. The number of nitrogens with one attached hydrogen (secondary N) is 1. The summed E-state index contributed by atoms with van der Waals surface area (Å²) in [5.74, 6) is 0.177. The van der Waals surface area contributed by atoms with Gasteiger partial charge in [0.1, 0.15) is 11.8 Å². The van der Waals surface area contributed by atoms with Gasteiger partial charge in [0.25, 0.3) is 0 Å². The lowest BCUT2D eigenvalue weighted by Gasteiger charge is -2.24. The molecule has 0 saturated carbocycles. The molecule has 1 fully saturated rings. The summed E-state index contributed by atoms with van der Waals surface area (Å²) in [5.41, 5.74) is 1.49. The van der Waals surface area contributed by atoms with Crippen molar-refractivity contribution in [1.29, 1.82) is 0 Å². The molecular formula is C19H23N3O4S. The van der Waals surface area contributed by atoms with Gasteiger partial charge in [-0.1, -0.05) is 12.1 Å². The fourth-order valence-corrected chi connectivity index (χ4v) is 5.11. The van der Waals surface area contributed by atoms with Crippen molar-refractivity contribution in [2.45, 2.75) is 37.2 Å². The molecule has 8 heteroatoms. The molecule has 0 bridgehead atoms. The molecule has 1 N–H and O–H groups in total. The molecule has 0 aliphatic carbocycles. The smallest absolute Gasteiger partial charge is 0.244 e. The molecule has 144 valence electrons. The lowest BCUT2D eigenvalue weighted by molar-refractivity contribution is -0.124. The van der Waals surface area contributed by atoms with Crippen LogP contribution in [0.3, 0.4) is 0 Å². The topological polar surface area (TPSA) is 88.6 Å². The van der Waals surface area contributed by atoms with E-state index < -0.39 is 16.1 Å². The Labute approximate surface area is 159 Å².